The van der Waals surface area contributed by atoms with Crippen molar-refractivity contribution in [2.24, 2.45) is 0 Å². The summed E-state index contributed by atoms with van der Waals surface area (Å²) in [7, 11) is 0. The van der Waals surface area contributed by atoms with E-state index in [-0.39, 0.29) is 5.75 Å². The molecule has 0 spiro atoms. The van der Waals surface area contributed by atoms with Crippen LogP contribution in [0.4, 0.5) is 11.5 Å². The minimum absolute atomic E-state index is 0.0886. The molecule has 1 aromatic carbocycles. The van der Waals surface area contributed by atoms with Crippen LogP contribution in [0.5, 0.6) is 5.75 Å². The number of hydrogen-bond acceptors (Lipinski definition) is 5. The summed E-state index contributed by atoms with van der Waals surface area (Å²) in [6.07, 6.45) is 2.93. The third-order valence-corrected chi connectivity index (χ3v) is 2.67. The molecule has 0 aliphatic carbocycles. The number of nitrogens with one attached hydrogen (secondary N) is 2. The van der Waals surface area contributed by atoms with Crippen molar-refractivity contribution < 1.29 is 5.11 Å². The van der Waals surface area contributed by atoms with Crippen LogP contribution in [0.25, 0.3) is 11.2 Å². The van der Waals surface area contributed by atoms with Gasteiger partial charge in [0.2, 0.25) is 0 Å². The normalized spacial score (nSPS) is 10.7. The summed E-state index contributed by atoms with van der Waals surface area (Å²) in [5.74, 6) is 0.612. The lowest BCUT2D eigenvalue weighted by atomic mass is 10.3. The van der Waals surface area contributed by atoms with Gasteiger partial charge in [-0.1, -0.05) is 11.6 Å². The molecule has 3 aromatic rings. The number of rotatable bonds is 2. The van der Waals surface area contributed by atoms with Gasteiger partial charge in [0.15, 0.2) is 11.5 Å². The summed E-state index contributed by atoms with van der Waals surface area (Å²) in [4.78, 5) is 15.1. The molecule has 0 fully saturated rings. The Morgan fingerprint density at radius 3 is 3.00 bits per heavy atom. The zero-order valence-corrected chi connectivity index (χ0v) is 9.81. The molecule has 2 aromatic heterocycles. The Morgan fingerprint density at radius 1 is 1.22 bits per heavy atom. The van der Waals surface area contributed by atoms with Crippen LogP contribution in [0.1, 0.15) is 0 Å². The minimum atomic E-state index is 0.0886. The second-order valence-electron chi connectivity index (χ2n) is 3.61. The van der Waals surface area contributed by atoms with E-state index in [0.29, 0.717) is 27.7 Å². The summed E-state index contributed by atoms with van der Waals surface area (Å²) in [5.41, 5.74) is 1.68. The number of halogens is 1. The number of aromatic nitrogens is 4. The van der Waals surface area contributed by atoms with Crippen molar-refractivity contribution in [1.82, 2.24) is 19.9 Å². The lowest BCUT2D eigenvalue weighted by Gasteiger charge is -2.08. The summed E-state index contributed by atoms with van der Waals surface area (Å²) < 4.78 is 0. The Bertz CT molecular complexity index is 711. The van der Waals surface area contributed by atoms with Gasteiger partial charge in [-0.05, 0) is 18.2 Å². The number of anilines is 2. The first-order valence-electron chi connectivity index (χ1n) is 5.13. The van der Waals surface area contributed by atoms with Crippen LogP contribution in [0.3, 0.4) is 0 Å². The number of benzene rings is 1. The fraction of sp³-hybridized carbons (Fsp3) is 0. The highest BCUT2D eigenvalue weighted by Gasteiger charge is 2.08. The number of fused-ring (bicyclic) bond motifs is 1. The Balaban J connectivity index is 2.06. The number of phenolic OH excluding ortho intramolecular Hbond substituents is 1. The molecule has 0 saturated heterocycles. The lowest BCUT2D eigenvalue weighted by Crippen LogP contribution is -1.96. The second kappa shape index (κ2) is 4.15. The third kappa shape index (κ3) is 1.82. The lowest BCUT2D eigenvalue weighted by molar-refractivity contribution is 0.478. The average molecular weight is 262 g/mol. The van der Waals surface area contributed by atoms with Crippen molar-refractivity contribution in [2.75, 3.05) is 5.32 Å². The average Bonchev–Trinajstić information content (AvgIpc) is 2.83. The van der Waals surface area contributed by atoms with Gasteiger partial charge < -0.3 is 15.4 Å². The monoisotopic (exact) mass is 261 g/mol. The highest BCUT2D eigenvalue weighted by molar-refractivity contribution is 6.31. The molecule has 0 unspecified atom stereocenters. The van der Waals surface area contributed by atoms with E-state index in [4.69, 9.17) is 11.6 Å². The molecule has 7 heteroatoms. The van der Waals surface area contributed by atoms with Crippen LogP contribution in [0, 0.1) is 0 Å². The molecule has 3 N–H and O–H groups in total. The van der Waals surface area contributed by atoms with E-state index in [1.165, 1.54) is 18.7 Å². The number of nitrogens with zero attached hydrogens (tertiary/aromatic N) is 3. The first-order chi connectivity index (χ1) is 8.74. The van der Waals surface area contributed by atoms with E-state index in [9.17, 15) is 5.11 Å². The Labute approximate surface area is 107 Å². The largest absolute Gasteiger partial charge is 0.506 e. The van der Waals surface area contributed by atoms with Crippen molar-refractivity contribution >= 4 is 34.3 Å². The van der Waals surface area contributed by atoms with E-state index in [1.807, 2.05) is 0 Å². The Morgan fingerprint density at radius 2 is 2.11 bits per heavy atom. The number of phenols is 1. The van der Waals surface area contributed by atoms with Crippen LogP contribution in [-0.4, -0.2) is 25.0 Å². The predicted molar refractivity (Wildman–Crippen MR) is 68.1 cm³/mol. The molecule has 3 rings (SSSR count). The number of hydrogen-bond donors (Lipinski definition) is 3. The Kier molecular flexibility index (Phi) is 2.49. The van der Waals surface area contributed by atoms with Gasteiger partial charge in [-0.25, -0.2) is 15.0 Å². The zero-order chi connectivity index (χ0) is 12.5. The van der Waals surface area contributed by atoms with Crippen LogP contribution in [-0.2, 0) is 0 Å². The van der Waals surface area contributed by atoms with Crippen molar-refractivity contribution in [3.8, 4) is 5.75 Å². The van der Waals surface area contributed by atoms with Crippen LogP contribution in [0.2, 0.25) is 5.02 Å². The summed E-state index contributed by atoms with van der Waals surface area (Å²) in [6.45, 7) is 0. The maximum Gasteiger partial charge on any atom is 0.182 e. The third-order valence-electron chi connectivity index (χ3n) is 2.43. The number of aromatic amines is 1. The summed E-state index contributed by atoms with van der Waals surface area (Å²) >= 11 is 5.88. The van der Waals surface area contributed by atoms with Crippen molar-refractivity contribution in [1.29, 1.82) is 0 Å². The number of imidazole rings is 1. The van der Waals surface area contributed by atoms with E-state index in [0.717, 1.165) is 0 Å². The van der Waals surface area contributed by atoms with Gasteiger partial charge in [-0.15, -0.1) is 0 Å². The van der Waals surface area contributed by atoms with E-state index in [2.05, 4.69) is 25.3 Å². The maximum atomic E-state index is 9.73. The van der Waals surface area contributed by atoms with Gasteiger partial charge in [-0.3, -0.25) is 0 Å². The second-order valence-corrected chi connectivity index (χ2v) is 4.05. The molecule has 0 atom stereocenters. The Hall–Kier alpha value is -2.34. The summed E-state index contributed by atoms with van der Waals surface area (Å²) in [5, 5.41) is 13.2. The minimum Gasteiger partial charge on any atom is -0.506 e. The topological polar surface area (TPSA) is 86.7 Å². The smallest absolute Gasteiger partial charge is 0.182 e. The SMILES string of the molecule is Oc1ccc(Cl)cc1Nc1ncnc2nc[nH]c12. The van der Waals surface area contributed by atoms with Crippen LogP contribution in [0.15, 0.2) is 30.9 Å². The van der Waals surface area contributed by atoms with Crippen LogP contribution >= 0.6 is 11.6 Å². The predicted octanol–water partition coefficient (Wildman–Crippen LogP) is 2.46. The zero-order valence-electron chi connectivity index (χ0n) is 9.05. The molecule has 0 aliphatic heterocycles. The molecular weight excluding hydrogens is 254 g/mol. The maximum absolute atomic E-state index is 9.73. The molecule has 0 amide bonds. The molecule has 18 heavy (non-hydrogen) atoms. The molecule has 2 heterocycles. The van der Waals surface area contributed by atoms with Crippen molar-refractivity contribution in [2.45, 2.75) is 0 Å². The van der Waals surface area contributed by atoms with Crippen LogP contribution < -0.4 is 5.32 Å². The van der Waals surface area contributed by atoms with E-state index < -0.39 is 0 Å². The number of aromatic hydroxyl groups is 1. The van der Waals surface area contributed by atoms with Gasteiger partial charge in [0.05, 0.1) is 12.0 Å². The first kappa shape index (κ1) is 10.8. The molecule has 90 valence electrons. The fourth-order valence-corrected chi connectivity index (χ4v) is 1.77. The van der Waals surface area contributed by atoms with Crippen molar-refractivity contribution in [3.05, 3.63) is 35.9 Å². The molecular formula is C11H8ClN5O. The highest BCUT2D eigenvalue weighted by atomic mass is 35.5. The summed E-state index contributed by atoms with van der Waals surface area (Å²) in [6, 6.07) is 4.73. The highest BCUT2D eigenvalue weighted by Crippen LogP contribution is 2.30. The first-order valence-corrected chi connectivity index (χ1v) is 5.51. The number of H-pyrrole nitrogens is 1. The van der Waals surface area contributed by atoms with Gasteiger partial charge in [0.25, 0.3) is 0 Å². The molecule has 6 nitrogen and oxygen atoms in total. The van der Waals surface area contributed by atoms with Gasteiger partial charge in [0, 0.05) is 5.02 Å². The van der Waals surface area contributed by atoms with E-state index >= 15 is 0 Å². The fourth-order valence-electron chi connectivity index (χ4n) is 1.60. The molecule has 0 bridgehead atoms. The van der Waals surface area contributed by atoms with Gasteiger partial charge in [0.1, 0.15) is 17.6 Å². The quantitative estimate of drug-likeness (QED) is 0.617. The van der Waals surface area contributed by atoms with Crippen molar-refractivity contribution in [3.63, 3.8) is 0 Å². The van der Waals surface area contributed by atoms with Gasteiger partial charge >= 0.3 is 0 Å². The molecule has 0 aliphatic rings. The van der Waals surface area contributed by atoms with Gasteiger partial charge in [-0.2, -0.15) is 0 Å². The molecule has 0 radical (unpaired) electrons. The molecule has 0 saturated carbocycles. The van der Waals surface area contributed by atoms with E-state index in [1.54, 1.807) is 12.1 Å². The standard InChI is InChI=1S/C11H8ClN5O/c12-6-1-2-8(18)7(3-6)17-11-9-10(14-4-13-9)15-5-16-11/h1-5,18H,(H2,13,14,15,16,17).